The highest BCUT2D eigenvalue weighted by molar-refractivity contribution is 7.10. The maximum atomic E-state index is 5.52. The summed E-state index contributed by atoms with van der Waals surface area (Å²) >= 11 is 1.78. The van der Waals surface area contributed by atoms with Crippen molar-refractivity contribution in [2.75, 3.05) is 50.6 Å². The van der Waals surface area contributed by atoms with Crippen LogP contribution in [0.4, 0.5) is 11.6 Å². The first-order valence-corrected chi connectivity index (χ1v) is 12.6. The number of nitrogens with one attached hydrogen (secondary N) is 1. The fraction of sp³-hybridized carbons (Fsp3) is 0.333. The third kappa shape index (κ3) is 4.78. The van der Waals surface area contributed by atoms with E-state index < -0.39 is 0 Å². The summed E-state index contributed by atoms with van der Waals surface area (Å²) in [4.78, 5) is 5.75. The number of aromatic nitrogens is 2. The Kier molecular flexibility index (Phi) is 6.76. The maximum absolute atomic E-state index is 5.52. The molecule has 1 aliphatic heterocycles. The third-order valence-electron chi connectivity index (χ3n) is 6.19. The van der Waals surface area contributed by atoms with Gasteiger partial charge in [0.1, 0.15) is 0 Å². The topological polar surface area (TPSA) is 53.5 Å². The first-order valence-electron chi connectivity index (χ1n) is 11.8. The minimum Gasteiger partial charge on any atom is -0.378 e. The first-order chi connectivity index (χ1) is 16.6. The predicted octanol–water partition coefficient (Wildman–Crippen LogP) is 5.43. The molecule has 1 N–H and O–H groups in total. The normalized spacial score (nSPS) is 15.1. The molecule has 1 saturated heterocycles. The van der Waals surface area contributed by atoms with Gasteiger partial charge >= 0.3 is 0 Å². The van der Waals surface area contributed by atoms with Crippen LogP contribution in [0.15, 0.2) is 60.0 Å². The molecule has 34 heavy (non-hydrogen) atoms. The van der Waals surface area contributed by atoms with Crippen LogP contribution in [0.2, 0.25) is 0 Å². The number of morpholine rings is 1. The molecule has 0 saturated carbocycles. The molecular formula is C27H31N5OS. The van der Waals surface area contributed by atoms with E-state index in [1.807, 2.05) is 0 Å². The summed E-state index contributed by atoms with van der Waals surface area (Å²) in [7, 11) is 4.22. The number of nitrogens with zero attached hydrogens (tertiary/aromatic N) is 4. The van der Waals surface area contributed by atoms with Gasteiger partial charge in [-0.05, 0) is 49.2 Å². The predicted molar refractivity (Wildman–Crippen MR) is 142 cm³/mol. The first kappa shape index (κ1) is 22.8. The number of anilines is 2. The molecule has 1 unspecified atom stereocenters. The highest BCUT2D eigenvalue weighted by Crippen LogP contribution is 2.35. The molecule has 0 amide bonds. The molecule has 5 rings (SSSR count). The van der Waals surface area contributed by atoms with Crippen molar-refractivity contribution >= 4 is 33.7 Å². The molecule has 1 fully saturated rings. The summed E-state index contributed by atoms with van der Waals surface area (Å²) in [6.07, 6.45) is 0. The van der Waals surface area contributed by atoms with Gasteiger partial charge in [0.25, 0.3) is 0 Å². The Morgan fingerprint density at radius 2 is 1.76 bits per heavy atom. The highest BCUT2D eigenvalue weighted by atomic mass is 32.1. The summed E-state index contributed by atoms with van der Waals surface area (Å²) in [6, 6.07) is 19.5. The van der Waals surface area contributed by atoms with Gasteiger partial charge in [-0.15, -0.1) is 21.5 Å². The molecule has 3 heterocycles. The fourth-order valence-electron chi connectivity index (χ4n) is 4.48. The van der Waals surface area contributed by atoms with Crippen LogP contribution in [0.1, 0.15) is 23.4 Å². The molecule has 1 atom stereocenters. The zero-order valence-corrected chi connectivity index (χ0v) is 20.8. The van der Waals surface area contributed by atoms with Gasteiger partial charge in [0.15, 0.2) is 11.6 Å². The van der Waals surface area contributed by atoms with Crippen molar-refractivity contribution in [3.63, 3.8) is 0 Å². The molecule has 2 aromatic heterocycles. The number of benzene rings is 2. The number of thiophene rings is 1. The molecule has 0 radical (unpaired) electrons. The minimum atomic E-state index is 0.117. The second-order valence-electron chi connectivity index (χ2n) is 9.02. The smallest absolute Gasteiger partial charge is 0.159 e. The van der Waals surface area contributed by atoms with Crippen LogP contribution in [0.25, 0.3) is 21.9 Å². The quantitative estimate of drug-likeness (QED) is 0.386. The Morgan fingerprint density at radius 3 is 2.56 bits per heavy atom. The molecule has 0 spiro atoms. The van der Waals surface area contributed by atoms with Crippen molar-refractivity contribution in [3.05, 3.63) is 70.4 Å². The summed E-state index contributed by atoms with van der Waals surface area (Å²) in [5, 5.41) is 17.3. The molecule has 2 aromatic carbocycles. The summed E-state index contributed by atoms with van der Waals surface area (Å²) in [5.41, 5.74) is 3.91. The van der Waals surface area contributed by atoms with Crippen molar-refractivity contribution in [3.8, 4) is 11.1 Å². The number of rotatable bonds is 7. The Morgan fingerprint density at radius 1 is 1.03 bits per heavy atom. The molecule has 6 nitrogen and oxygen atoms in total. The highest BCUT2D eigenvalue weighted by Gasteiger charge is 2.19. The van der Waals surface area contributed by atoms with Crippen molar-refractivity contribution in [2.45, 2.75) is 19.5 Å². The van der Waals surface area contributed by atoms with E-state index in [-0.39, 0.29) is 6.04 Å². The molecule has 1 aliphatic rings. The number of fused-ring (bicyclic) bond motifs is 1. The Hall–Kier alpha value is -3.00. The van der Waals surface area contributed by atoms with E-state index in [0.717, 1.165) is 55.3 Å². The van der Waals surface area contributed by atoms with Crippen molar-refractivity contribution in [1.82, 2.24) is 15.1 Å². The van der Waals surface area contributed by atoms with Crippen LogP contribution in [0, 0.1) is 0 Å². The fourth-order valence-corrected chi connectivity index (χ4v) is 5.40. The van der Waals surface area contributed by atoms with Crippen LogP contribution in [0.5, 0.6) is 0 Å². The second-order valence-corrected chi connectivity index (χ2v) is 9.96. The molecule has 4 aromatic rings. The van der Waals surface area contributed by atoms with E-state index in [1.54, 1.807) is 11.3 Å². The largest absolute Gasteiger partial charge is 0.378 e. The van der Waals surface area contributed by atoms with E-state index >= 15 is 0 Å². The molecule has 0 bridgehead atoms. The number of hydrogen-bond acceptors (Lipinski definition) is 7. The monoisotopic (exact) mass is 473 g/mol. The Balaban J connectivity index is 1.40. The van der Waals surface area contributed by atoms with Crippen molar-refractivity contribution < 1.29 is 4.74 Å². The summed E-state index contributed by atoms with van der Waals surface area (Å²) in [6.45, 7) is 6.25. The van der Waals surface area contributed by atoms with Gasteiger partial charge in [-0.1, -0.05) is 48.5 Å². The van der Waals surface area contributed by atoms with Gasteiger partial charge in [0.05, 0.1) is 19.3 Å². The summed E-state index contributed by atoms with van der Waals surface area (Å²) in [5.74, 6) is 1.76. The molecule has 0 aliphatic carbocycles. The zero-order chi connectivity index (χ0) is 23.5. The second kappa shape index (κ2) is 10.1. The average Bonchev–Trinajstić information content (AvgIpc) is 3.35. The molecular weight excluding hydrogens is 442 g/mol. The Bertz CT molecular complexity index is 1260. The number of ether oxygens (including phenoxy) is 1. The van der Waals surface area contributed by atoms with Gasteiger partial charge in [0.2, 0.25) is 0 Å². The van der Waals surface area contributed by atoms with Crippen LogP contribution in [-0.2, 0) is 11.3 Å². The summed E-state index contributed by atoms with van der Waals surface area (Å²) < 4.78 is 5.52. The van der Waals surface area contributed by atoms with E-state index in [2.05, 4.69) is 106 Å². The lowest BCUT2D eigenvalue weighted by atomic mass is 10.0. The Labute approximate surface area is 205 Å². The van der Waals surface area contributed by atoms with Crippen LogP contribution in [-0.4, -0.2) is 55.5 Å². The number of hydrogen-bond donors (Lipinski definition) is 1. The van der Waals surface area contributed by atoms with Gasteiger partial charge in [-0.2, -0.15) is 0 Å². The third-order valence-corrected chi connectivity index (χ3v) is 7.31. The zero-order valence-electron chi connectivity index (χ0n) is 20.0. The lowest BCUT2D eigenvalue weighted by molar-refractivity contribution is 0.122. The van der Waals surface area contributed by atoms with Gasteiger partial charge < -0.3 is 19.9 Å². The standard InChI is InChI=1S/C27H31N5OS/c1-19(25-16-21(18-34-25)22-9-5-4-8-20(22)17-31(2)3)28-26-23-10-6-7-11-24(23)27(30-29-26)32-12-14-33-15-13-32/h4-11,16,18-19H,12-15,17H2,1-3H3,(H,28,29). The SMILES string of the molecule is CC(Nc1nnc(N2CCOCC2)c2ccccc12)c1cc(-c2ccccc2CN(C)C)cs1. The lowest BCUT2D eigenvalue weighted by Crippen LogP contribution is -2.37. The van der Waals surface area contributed by atoms with Gasteiger partial charge in [-0.3, -0.25) is 0 Å². The van der Waals surface area contributed by atoms with Gasteiger partial charge in [0, 0.05) is 35.3 Å². The molecule has 176 valence electrons. The van der Waals surface area contributed by atoms with E-state index in [4.69, 9.17) is 4.74 Å². The van der Waals surface area contributed by atoms with Gasteiger partial charge in [-0.25, -0.2) is 0 Å². The van der Waals surface area contributed by atoms with Crippen molar-refractivity contribution in [1.29, 1.82) is 0 Å². The average molecular weight is 474 g/mol. The van der Waals surface area contributed by atoms with Crippen LogP contribution >= 0.6 is 11.3 Å². The minimum absolute atomic E-state index is 0.117. The lowest BCUT2D eigenvalue weighted by Gasteiger charge is -2.28. The van der Waals surface area contributed by atoms with E-state index in [1.165, 1.54) is 21.6 Å². The maximum Gasteiger partial charge on any atom is 0.159 e. The van der Waals surface area contributed by atoms with Crippen LogP contribution in [0.3, 0.4) is 0 Å². The van der Waals surface area contributed by atoms with Crippen molar-refractivity contribution in [2.24, 2.45) is 0 Å². The van der Waals surface area contributed by atoms with E-state index in [9.17, 15) is 0 Å². The molecule has 7 heteroatoms. The van der Waals surface area contributed by atoms with Crippen LogP contribution < -0.4 is 10.2 Å². The van der Waals surface area contributed by atoms with E-state index in [0.29, 0.717) is 0 Å².